The molecule has 2 rings (SSSR count). The van der Waals surface area contributed by atoms with E-state index in [2.05, 4.69) is 4.74 Å². The van der Waals surface area contributed by atoms with E-state index in [1.807, 2.05) is 16.9 Å². The van der Waals surface area contributed by atoms with Crippen LogP contribution in [0.15, 0.2) is 24.3 Å². The molecule has 1 aromatic rings. The predicted octanol–water partition coefficient (Wildman–Crippen LogP) is 0.930. The number of hydrogen-bond donors (Lipinski definition) is 2. The number of amides is 1. The van der Waals surface area contributed by atoms with Crippen molar-refractivity contribution in [1.29, 1.82) is 0 Å². The molecule has 1 atom stereocenters. The van der Waals surface area contributed by atoms with Crippen molar-refractivity contribution in [1.82, 2.24) is 4.72 Å². The molecular weight excluding hydrogens is 294 g/mol. The highest BCUT2D eigenvalue weighted by molar-refractivity contribution is 7.91. The van der Waals surface area contributed by atoms with Crippen LogP contribution in [0.4, 0.5) is 10.5 Å². The summed E-state index contributed by atoms with van der Waals surface area (Å²) in [7, 11) is -3.98. The van der Waals surface area contributed by atoms with Crippen LogP contribution in [-0.4, -0.2) is 34.2 Å². The number of ether oxygens (including phenoxy) is 1. The minimum Gasteiger partial charge on any atom is -0.449 e. The van der Waals surface area contributed by atoms with E-state index in [9.17, 15) is 13.2 Å². The van der Waals surface area contributed by atoms with Gasteiger partial charge in [0.1, 0.15) is 0 Å². The van der Waals surface area contributed by atoms with Gasteiger partial charge in [0, 0.05) is 12.5 Å². The van der Waals surface area contributed by atoms with Gasteiger partial charge in [-0.1, -0.05) is 18.2 Å². The minimum absolute atomic E-state index is 0.0324. The summed E-state index contributed by atoms with van der Waals surface area (Å²) >= 11 is 0. The molecule has 0 aliphatic carbocycles. The molecule has 21 heavy (non-hydrogen) atoms. The summed E-state index contributed by atoms with van der Waals surface area (Å²) in [6.45, 7) is 2.45. The lowest BCUT2D eigenvalue weighted by Crippen LogP contribution is -2.43. The molecule has 8 heteroatoms. The maximum atomic E-state index is 12.3. The van der Waals surface area contributed by atoms with Gasteiger partial charge in [-0.15, -0.1) is 0 Å². The van der Waals surface area contributed by atoms with Crippen LogP contribution in [0.1, 0.15) is 24.8 Å². The molecule has 0 aromatic heterocycles. The third-order valence-corrected chi connectivity index (χ3v) is 4.68. The lowest BCUT2D eigenvalue weighted by atomic mass is 9.98. The zero-order chi connectivity index (χ0) is 15.5. The average Bonchev–Trinajstić information content (AvgIpc) is 2.79. The summed E-state index contributed by atoms with van der Waals surface area (Å²) in [6, 6.07) is 7.22. The number of benzene rings is 1. The molecule has 0 radical (unpaired) electrons. The van der Waals surface area contributed by atoms with Gasteiger partial charge < -0.3 is 10.5 Å². The summed E-state index contributed by atoms with van der Waals surface area (Å²) in [4.78, 5) is 11.4. The highest BCUT2D eigenvalue weighted by Gasteiger charge is 2.36. The SMILES string of the molecule is CCOC(=O)NS(=O)(=O)N1CC(CCN)c2ccccc21. The van der Waals surface area contributed by atoms with E-state index in [0.29, 0.717) is 18.7 Å². The van der Waals surface area contributed by atoms with E-state index in [0.717, 1.165) is 5.56 Å². The Kier molecular flexibility index (Phi) is 4.69. The third kappa shape index (κ3) is 3.27. The van der Waals surface area contributed by atoms with Crippen LogP contribution in [-0.2, 0) is 14.9 Å². The van der Waals surface area contributed by atoms with Crippen molar-refractivity contribution in [2.45, 2.75) is 19.3 Å². The highest BCUT2D eigenvalue weighted by atomic mass is 32.2. The van der Waals surface area contributed by atoms with E-state index in [4.69, 9.17) is 5.73 Å². The fourth-order valence-corrected chi connectivity index (χ4v) is 3.63. The van der Waals surface area contributed by atoms with E-state index in [1.54, 1.807) is 19.1 Å². The first kappa shape index (κ1) is 15.6. The molecule has 1 heterocycles. The number of nitrogens with zero attached hydrogens (tertiary/aromatic N) is 1. The molecule has 1 amide bonds. The zero-order valence-electron chi connectivity index (χ0n) is 11.8. The van der Waals surface area contributed by atoms with Gasteiger partial charge in [0.05, 0.1) is 12.3 Å². The average molecular weight is 313 g/mol. The Hall–Kier alpha value is -1.80. The Morgan fingerprint density at radius 1 is 1.48 bits per heavy atom. The molecule has 1 unspecified atom stereocenters. The Morgan fingerprint density at radius 2 is 2.19 bits per heavy atom. The fraction of sp³-hybridized carbons (Fsp3) is 0.462. The molecule has 1 aliphatic heterocycles. The van der Waals surface area contributed by atoms with Crippen molar-refractivity contribution < 1.29 is 17.9 Å². The van der Waals surface area contributed by atoms with Crippen molar-refractivity contribution in [3.8, 4) is 0 Å². The van der Waals surface area contributed by atoms with Gasteiger partial charge >= 0.3 is 16.3 Å². The van der Waals surface area contributed by atoms with Crippen LogP contribution in [0.3, 0.4) is 0 Å². The summed E-state index contributed by atoms with van der Waals surface area (Å²) in [5.74, 6) is 0.0324. The van der Waals surface area contributed by atoms with Crippen LogP contribution in [0.5, 0.6) is 0 Å². The van der Waals surface area contributed by atoms with Crippen molar-refractivity contribution in [3.05, 3.63) is 29.8 Å². The number of fused-ring (bicyclic) bond motifs is 1. The molecule has 0 fully saturated rings. The molecule has 7 nitrogen and oxygen atoms in total. The summed E-state index contributed by atoms with van der Waals surface area (Å²) < 4.78 is 32.4. The van der Waals surface area contributed by atoms with Crippen molar-refractivity contribution in [2.24, 2.45) is 5.73 Å². The normalized spacial score (nSPS) is 17.4. The van der Waals surface area contributed by atoms with E-state index >= 15 is 0 Å². The minimum atomic E-state index is -3.98. The van der Waals surface area contributed by atoms with Crippen molar-refractivity contribution >= 4 is 22.0 Å². The molecular formula is C13H19N3O4S. The zero-order valence-corrected chi connectivity index (χ0v) is 12.6. The van der Waals surface area contributed by atoms with E-state index in [1.165, 1.54) is 4.31 Å². The van der Waals surface area contributed by atoms with Crippen LogP contribution < -0.4 is 14.8 Å². The second-order valence-electron chi connectivity index (χ2n) is 4.69. The van der Waals surface area contributed by atoms with Gasteiger partial charge in [-0.05, 0) is 31.5 Å². The van der Waals surface area contributed by atoms with Crippen molar-refractivity contribution in [2.75, 3.05) is 24.0 Å². The number of carbonyl (C=O) groups excluding carboxylic acids is 1. The standard InChI is InChI=1S/C13H19N3O4S/c1-2-20-13(17)15-21(18,19)16-9-10(7-8-14)11-5-3-4-6-12(11)16/h3-6,10H,2,7-9,14H2,1H3,(H,15,17). The Bertz CT molecular complexity index is 618. The number of anilines is 1. The number of rotatable bonds is 5. The maximum Gasteiger partial charge on any atom is 0.422 e. The number of nitrogens with two attached hydrogens (primary N) is 1. The molecule has 116 valence electrons. The number of nitrogens with one attached hydrogen (secondary N) is 1. The first-order valence-electron chi connectivity index (χ1n) is 6.75. The Balaban J connectivity index is 2.27. The monoisotopic (exact) mass is 313 g/mol. The first-order chi connectivity index (χ1) is 9.99. The third-order valence-electron chi connectivity index (χ3n) is 3.32. The molecule has 1 aromatic carbocycles. The van der Waals surface area contributed by atoms with Gasteiger partial charge in [0.15, 0.2) is 0 Å². The maximum absolute atomic E-state index is 12.3. The van der Waals surface area contributed by atoms with Crippen molar-refractivity contribution in [3.63, 3.8) is 0 Å². The number of carbonyl (C=O) groups is 1. The molecule has 0 bridgehead atoms. The van der Waals surface area contributed by atoms with Gasteiger partial charge in [0.25, 0.3) is 0 Å². The number of para-hydroxylation sites is 1. The van der Waals surface area contributed by atoms with Gasteiger partial charge in [-0.2, -0.15) is 8.42 Å². The van der Waals surface area contributed by atoms with Crippen LogP contribution in [0.25, 0.3) is 0 Å². The van der Waals surface area contributed by atoms with E-state index < -0.39 is 16.3 Å². The molecule has 0 saturated carbocycles. The lowest BCUT2D eigenvalue weighted by Gasteiger charge is -2.19. The first-order valence-corrected chi connectivity index (χ1v) is 8.19. The molecule has 3 N–H and O–H groups in total. The van der Waals surface area contributed by atoms with Gasteiger partial charge in [-0.25, -0.2) is 9.52 Å². The van der Waals surface area contributed by atoms with E-state index in [-0.39, 0.29) is 19.1 Å². The highest BCUT2D eigenvalue weighted by Crippen LogP contribution is 2.38. The Labute approximate surface area is 124 Å². The fourth-order valence-electron chi connectivity index (χ4n) is 2.45. The number of hydrogen-bond acceptors (Lipinski definition) is 5. The Morgan fingerprint density at radius 3 is 2.86 bits per heavy atom. The molecule has 0 spiro atoms. The summed E-state index contributed by atoms with van der Waals surface area (Å²) in [6.07, 6.45) is -0.292. The predicted molar refractivity (Wildman–Crippen MR) is 79.3 cm³/mol. The lowest BCUT2D eigenvalue weighted by molar-refractivity contribution is 0.158. The van der Waals surface area contributed by atoms with Gasteiger partial charge in [-0.3, -0.25) is 4.31 Å². The smallest absolute Gasteiger partial charge is 0.422 e. The summed E-state index contributed by atoms with van der Waals surface area (Å²) in [5, 5.41) is 0. The van der Waals surface area contributed by atoms with Crippen LogP contribution >= 0.6 is 0 Å². The second-order valence-corrected chi connectivity index (χ2v) is 6.29. The van der Waals surface area contributed by atoms with Crippen LogP contribution in [0, 0.1) is 0 Å². The second kappa shape index (κ2) is 6.31. The molecule has 1 aliphatic rings. The quantitative estimate of drug-likeness (QED) is 0.842. The van der Waals surface area contributed by atoms with Gasteiger partial charge in [0.2, 0.25) is 0 Å². The summed E-state index contributed by atoms with van der Waals surface area (Å²) in [5.41, 5.74) is 7.09. The molecule has 0 saturated heterocycles. The topological polar surface area (TPSA) is 102 Å². The largest absolute Gasteiger partial charge is 0.449 e. The van der Waals surface area contributed by atoms with Crippen LogP contribution in [0.2, 0.25) is 0 Å².